The van der Waals surface area contributed by atoms with Crippen LogP contribution in [0.3, 0.4) is 0 Å². The van der Waals surface area contributed by atoms with Crippen molar-refractivity contribution in [1.82, 2.24) is 10.2 Å². The van der Waals surface area contributed by atoms with Crippen molar-refractivity contribution >= 4 is 17.2 Å². The summed E-state index contributed by atoms with van der Waals surface area (Å²) < 4.78 is 0. The molecule has 0 aliphatic carbocycles. The number of carbonyl (C=O) groups is 1. The third-order valence-corrected chi connectivity index (χ3v) is 3.60. The molecule has 1 aliphatic heterocycles. The van der Waals surface area contributed by atoms with E-state index < -0.39 is 0 Å². The highest BCUT2D eigenvalue weighted by atomic mass is 32.1. The smallest absolute Gasteiger partial charge is 0.264 e. The van der Waals surface area contributed by atoms with E-state index in [0.29, 0.717) is 6.04 Å². The van der Waals surface area contributed by atoms with Gasteiger partial charge in [-0.05, 0) is 26.0 Å². The van der Waals surface area contributed by atoms with E-state index in [1.165, 1.54) is 4.88 Å². The second-order valence-electron chi connectivity index (χ2n) is 4.02. The molecule has 1 aliphatic rings. The summed E-state index contributed by atoms with van der Waals surface area (Å²) in [6, 6.07) is 4.34. The average molecular weight is 224 g/mol. The van der Waals surface area contributed by atoms with Gasteiger partial charge in [0.15, 0.2) is 0 Å². The van der Waals surface area contributed by atoms with Crippen LogP contribution in [-0.2, 0) is 0 Å². The van der Waals surface area contributed by atoms with E-state index in [0.717, 1.165) is 24.5 Å². The zero-order valence-corrected chi connectivity index (χ0v) is 9.93. The molecule has 1 amide bonds. The van der Waals surface area contributed by atoms with Crippen molar-refractivity contribution in [2.75, 3.05) is 19.6 Å². The van der Waals surface area contributed by atoms with Crippen molar-refractivity contribution in [2.45, 2.75) is 19.9 Å². The van der Waals surface area contributed by atoms with Crippen LogP contribution in [0, 0.1) is 6.92 Å². The molecule has 2 heterocycles. The topological polar surface area (TPSA) is 32.3 Å². The van der Waals surface area contributed by atoms with Crippen LogP contribution in [0.5, 0.6) is 0 Å². The quantitative estimate of drug-likeness (QED) is 0.784. The van der Waals surface area contributed by atoms with Crippen molar-refractivity contribution in [3.05, 3.63) is 21.9 Å². The molecule has 0 radical (unpaired) electrons. The van der Waals surface area contributed by atoms with Gasteiger partial charge in [0, 0.05) is 30.6 Å². The Hall–Kier alpha value is -0.870. The predicted octanol–water partition coefficient (Wildman–Crippen LogP) is 1.49. The number of aryl methyl sites for hydroxylation is 1. The Balaban J connectivity index is 2.07. The van der Waals surface area contributed by atoms with Crippen LogP contribution in [0.25, 0.3) is 0 Å². The predicted molar refractivity (Wildman–Crippen MR) is 62.4 cm³/mol. The lowest BCUT2D eigenvalue weighted by atomic mass is 10.2. The molecule has 0 bridgehead atoms. The second-order valence-corrected chi connectivity index (χ2v) is 5.30. The summed E-state index contributed by atoms with van der Waals surface area (Å²) in [5, 5.41) is 3.33. The van der Waals surface area contributed by atoms with E-state index in [9.17, 15) is 4.79 Å². The molecule has 1 aromatic heterocycles. The van der Waals surface area contributed by atoms with Crippen LogP contribution in [0.4, 0.5) is 0 Å². The molecular formula is C11H16N2OS. The lowest BCUT2D eigenvalue weighted by Gasteiger charge is -2.31. The Bertz CT molecular complexity index is 361. The Morgan fingerprint density at radius 1 is 1.60 bits per heavy atom. The van der Waals surface area contributed by atoms with Gasteiger partial charge in [-0.25, -0.2) is 0 Å². The van der Waals surface area contributed by atoms with Crippen LogP contribution in [0.15, 0.2) is 12.1 Å². The fourth-order valence-electron chi connectivity index (χ4n) is 1.82. The third-order valence-electron chi connectivity index (χ3n) is 2.61. The first kappa shape index (κ1) is 10.6. The summed E-state index contributed by atoms with van der Waals surface area (Å²) >= 11 is 1.58. The minimum atomic E-state index is 0.182. The lowest BCUT2D eigenvalue weighted by molar-refractivity contribution is 0.0714. The van der Waals surface area contributed by atoms with Crippen molar-refractivity contribution < 1.29 is 4.79 Å². The normalized spacial score (nSPS) is 21.7. The molecule has 15 heavy (non-hydrogen) atoms. The van der Waals surface area contributed by atoms with Crippen molar-refractivity contribution in [3.63, 3.8) is 0 Å². The number of hydrogen-bond acceptors (Lipinski definition) is 3. The Labute approximate surface area is 94.1 Å². The zero-order chi connectivity index (χ0) is 10.8. The summed E-state index contributed by atoms with van der Waals surface area (Å²) in [5.41, 5.74) is 0. The average Bonchev–Trinajstić information content (AvgIpc) is 2.64. The number of nitrogens with zero attached hydrogens (tertiary/aromatic N) is 1. The van der Waals surface area contributed by atoms with Gasteiger partial charge >= 0.3 is 0 Å². The first-order chi connectivity index (χ1) is 7.16. The first-order valence-electron chi connectivity index (χ1n) is 5.26. The van der Waals surface area contributed by atoms with Gasteiger partial charge in [0.25, 0.3) is 5.91 Å². The van der Waals surface area contributed by atoms with Crippen molar-refractivity contribution in [2.24, 2.45) is 0 Å². The fourth-order valence-corrected chi connectivity index (χ4v) is 2.66. The van der Waals surface area contributed by atoms with E-state index in [2.05, 4.69) is 12.2 Å². The van der Waals surface area contributed by atoms with Crippen LogP contribution in [0.1, 0.15) is 21.5 Å². The molecule has 2 rings (SSSR count). The summed E-state index contributed by atoms with van der Waals surface area (Å²) in [5.74, 6) is 0.182. The van der Waals surface area contributed by atoms with Gasteiger partial charge in [0.1, 0.15) is 0 Å². The molecule has 1 fully saturated rings. The minimum absolute atomic E-state index is 0.182. The number of thiophene rings is 1. The van der Waals surface area contributed by atoms with E-state index >= 15 is 0 Å². The van der Waals surface area contributed by atoms with Crippen molar-refractivity contribution in [3.8, 4) is 0 Å². The van der Waals surface area contributed by atoms with Crippen LogP contribution in [0.2, 0.25) is 0 Å². The maximum atomic E-state index is 12.1. The van der Waals surface area contributed by atoms with E-state index in [1.54, 1.807) is 11.3 Å². The monoisotopic (exact) mass is 224 g/mol. The van der Waals surface area contributed by atoms with Crippen LogP contribution < -0.4 is 5.32 Å². The molecule has 1 aromatic rings. The van der Waals surface area contributed by atoms with Gasteiger partial charge in [-0.15, -0.1) is 11.3 Å². The number of piperazine rings is 1. The molecule has 3 nitrogen and oxygen atoms in total. The molecule has 0 unspecified atom stereocenters. The highest BCUT2D eigenvalue weighted by Crippen LogP contribution is 2.17. The lowest BCUT2D eigenvalue weighted by Crippen LogP contribution is -2.51. The number of carbonyl (C=O) groups excluding carboxylic acids is 1. The van der Waals surface area contributed by atoms with E-state index in [-0.39, 0.29) is 5.91 Å². The standard InChI is InChI=1S/C11H16N2OS/c1-8-7-13(6-5-12-8)11(14)10-4-3-9(2)15-10/h3-4,8,12H,5-7H2,1-2H3/t8-/m1/s1. The molecule has 82 valence electrons. The Morgan fingerprint density at radius 2 is 2.40 bits per heavy atom. The highest BCUT2D eigenvalue weighted by molar-refractivity contribution is 7.13. The maximum absolute atomic E-state index is 12.1. The van der Waals surface area contributed by atoms with Crippen LogP contribution in [-0.4, -0.2) is 36.5 Å². The molecule has 4 heteroatoms. The number of amides is 1. The molecule has 0 saturated carbocycles. The van der Waals surface area contributed by atoms with Crippen molar-refractivity contribution in [1.29, 1.82) is 0 Å². The molecular weight excluding hydrogens is 208 g/mol. The van der Waals surface area contributed by atoms with Gasteiger partial charge in [0.05, 0.1) is 4.88 Å². The zero-order valence-electron chi connectivity index (χ0n) is 9.12. The Morgan fingerprint density at radius 3 is 3.00 bits per heavy atom. The van der Waals surface area contributed by atoms with Gasteiger partial charge in [0.2, 0.25) is 0 Å². The number of nitrogens with one attached hydrogen (secondary N) is 1. The summed E-state index contributed by atoms with van der Waals surface area (Å²) in [6.07, 6.45) is 0. The van der Waals surface area contributed by atoms with E-state index in [4.69, 9.17) is 0 Å². The first-order valence-corrected chi connectivity index (χ1v) is 6.07. The van der Waals surface area contributed by atoms with Gasteiger partial charge in [-0.1, -0.05) is 0 Å². The number of rotatable bonds is 1. The maximum Gasteiger partial charge on any atom is 0.264 e. The SMILES string of the molecule is Cc1ccc(C(=O)N2CCN[C@H](C)C2)s1. The van der Waals surface area contributed by atoms with E-state index in [1.807, 2.05) is 24.0 Å². The summed E-state index contributed by atoms with van der Waals surface area (Å²) in [7, 11) is 0. The molecule has 0 aromatic carbocycles. The van der Waals surface area contributed by atoms with Gasteiger partial charge in [-0.3, -0.25) is 4.79 Å². The van der Waals surface area contributed by atoms with Gasteiger partial charge in [-0.2, -0.15) is 0 Å². The third kappa shape index (κ3) is 2.38. The highest BCUT2D eigenvalue weighted by Gasteiger charge is 2.22. The Kier molecular flexibility index (Phi) is 3.07. The summed E-state index contributed by atoms with van der Waals surface area (Å²) in [6.45, 7) is 6.67. The fraction of sp³-hybridized carbons (Fsp3) is 0.545. The molecule has 1 saturated heterocycles. The summed E-state index contributed by atoms with van der Waals surface area (Å²) in [4.78, 5) is 16.1. The largest absolute Gasteiger partial charge is 0.335 e. The minimum Gasteiger partial charge on any atom is -0.335 e. The number of hydrogen-bond donors (Lipinski definition) is 1. The molecule has 1 atom stereocenters. The molecule has 1 N–H and O–H groups in total. The second kappa shape index (κ2) is 4.33. The van der Waals surface area contributed by atoms with Gasteiger partial charge < -0.3 is 10.2 Å². The molecule has 0 spiro atoms. The van der Waals surface area contributed by atoms with Crippen LogP contribution >= 0.6 is 11.3 Å².